The van der Waals surface area contributed by atoms with Gasteiger partial charge in [0.1, 0.15) is 18.3 Å². The van der Waals surface area contributed by atoms with E-state index < -0.39 is 0 Å². The largest absolute Gasteiger partial charge is 0.461 e. The Morgan fingerprint density at radius 2 is 1.79 bits per heavy atom. The van der Waals surface area contributed by atoms with E-state index in [1.807, 2.05) is 18.7 Å². The third kappa shape index (κ3) is 5.04. The van der Waals surface area contributed by atoms with Crippen LogP contribution in [0.1, 0.15) is 71.9 Å². The number of benzene rings is 1. The molecule has 1 aromatic carbocycles. The van der Waals surface area contributed by atoms with Gasteiger partial charge in [0.25, 0.3) is 11.8 Å². The molecule has 1 aromatic heterocycles. The van der Waals surface area contributed by atoms with Crippen LogP contribution in [0.15, 0.2) is 24.3 Å². The Hall–Kier alpha value is -2.68. The summed E-state index contributed by atoms with van der Waals surface area (Å²) < 4.78 is 5.86. The minimum Gasteiger partial charge on any atom is -0.461 e. The van der Waals surface area contributed by atoms with Gasteiger partial charge in [0.2, 0.25) is 0 Å². The molecule has 1 saturated carbocycles. The molecule has 1 fully saturated rings. The van der Waals surface area contributed by atoms with Crippen LogP contribution in [-0.2, 0) is 16.0 Å². The number of nitrogens with one attached hydrogen (secondary N) is 1. The predicted molar refractivity (Wildman–Crippen MR) is 130 cm³/mol. The van der Waals surface area contributed by atoms with E-state index >= 15 is 0 Å². The van der Waals surface area contributed by atoms with E-state index in [9.17, 15) is 14.4 Å². The van der Waals surface area contributed by atoms with Crippen LogP contribution in [0, 0.1) is 17.8 Å². The summed E-state index contributed by atoms with van der Waals surface area (Å²) in [5, 5.41) is 7.03. The molecule has 0 radical (unpaired) electrons. The van der Waals surface area contributed by atoms with Crippen molar-refractivity contribution in [2.75, 3.05) is 18.6 Å². The number of aromatic nitrogens is 3. The maximum Gasteiger partial charge on any atom is 0.313 e. The quantitative estimate of drug-likeness (QED) is 0.450. The molecule has 8 nitrogen and oxygen atoms in total. The van der Waals surface area contributed by atoms with Crippen LogP contribution < -0.4 is 0 Å². The highest BCUT2D eigenvalue weighted by Crippen LogP contribution is 2.36. The lowest BCUT2D eigenvalue weighted by Gasteiger charge is -2.38. The van der Waals surface area contributed by atoms with Crippen LogP contribution in [0.25, 0.3) is 0 Å². The fourth-order valence-corrected chi connectivity index (χ4v) is 6.02. The number of aromatic amines is 1. The number of imide groups is 1. The van der Waals surface area contributed by atoms with Gasteiger partial charge in [-0.15, -0.1) is 0 Å². The lowest BCUT2D eigenvalue weighted by atomic mass is 9.75. The monoisotopic (exact) mass is 484 g/mol. The Labute approximate surface area is 204 Å². The Balaban J connectivity index is 1.32. The molecular weight excluding hydrogens is 452 g/mol. The highest BCUT2D eigenvalue weighted by molar-refractivity contribution is 7.98. The lowest BCUT2D eigenvalue weighted by molar-refractivity contribution is -0.157. The first kappa shape index (κ1) is 24.4. The third-order valence-corrected chi connectivity index (χ3v) is 7.64. The topological polar surface area (TPSA) is 105 Å². The molecule has 1 aliphatic carbocycles. The van der Waals surface area contributed by atoms with Gasteiger partial charge < -0.3 is 4.74 Å². The lowest BCUT2D eigenvalue weighted by Crippen LogP contribution is -2.39. The maximum atomic E-state index is 12.6. The number of carbonyl (C=O) groups excluding carboxylic acids is 3. The average Bonchev–Trinajstić information content (AvgIpc) is 3.36. The summed E-state index contributed by atoms with van der Waals surface area (Å²) in [5.74, 6) is 2.15. The summed E-state index contributed by atoms with van der Waals surface area (Å²) in [4.78, 5) is 43.5. The summed E-state index contributed by atoms with van der Waals surface area (Å²) in [6, 6.07) is 6.81. The molecule has 3 unspecified atom stereocenters. The third-order valence-electron chi connectivity index (χ3n) is 6.84. The zero-order valence-electron chi connectivity index (χ0n) is 20.1. The summed E-state index contributed by atoms with van der Waals surface area (Å²) >= 11 is 1.87. The van der Waals surface area contributed by atoms with Crippen LogP contribution in [0.2, 0.25) is 0 Å². The molecule has 3 atom stereocenters. The number of amides is 2. The number of carbonyl (C=O) groups is 3. The number of hydrogen-bond acceptors (Lipinski definition) is 7. The number of nitrogens with zero attached hydrogens (tertiary/aromatic N) is 3. The van der Waals surface area contributed by atoms with Gasteiger partial charge in [0, 0.05) is 12.5 Å². The first-order valence-electron chi connectivity index (χ1n) is 11.8. The average molecular weight is 485 g/mol. The van der Waals surface area contributed by atoms with E-state index in [1.54, 1.807) is 24.3 Å². The Morgan fingerprint density at radius 1 is 1.18 bits per heavy atom. The van der Waals surface area contributed by atoms with Crippen molar-refractivity contribution >= 4 is 29.5 Å². The second-order valence-corrected chi connectivity index (χ2v) is 10.6. The number of H-pyrrole nitrogens is 1. The zero-order chi connectivity index (χ0) is 24.4. The molecule has 2 amide bonds. The molecule has 0 saturated heterocycles. The molecule has 2 aliphatic rings. The first-order valence-corrected chi connectivity index (χ1v) is 13.2. The fourth-order valence-electron chi connectivity index (χ4n) is 5.28. The second-order valence-electron chi connectivity index (χ2n) is 9.69. The van der Waals surface area contributed by atoms with Crippen molar-refractivity contribution in [1.82, 2.24) is 20.1 Å². The van der Waals surface area contributed by atoms with E-state index in [0.29, 0.717) is 40.5 Å². The minimum atomic E-state index is -0.317. The predicted octanol–water partition coefficient (Wildman–Crippen LogP) is 3.70. The van der Waals surface area contributed by atoms with E-state index in [-0.39, 0.29) is 42.8 Å². The van der Waals surface area contributed by atoms with Crippen molar-refractivity contribution in [2.24, 2.45) is 17.8 Å². The van der Waals surface area contributed by atoms with Gasteiger partial charge in [-0.2, -0.15) is 16.9 Å². The molecule has 0 spiro atoms. The Kier molecular flexibility index (Phi) is 7.40. The molecule has 1 aliphatic heterocycles. The molecule has 2 heterocycles. The van der Waals surface area contributed by atoms with Crippen molar-refractivity contribution < 1.29 is 19.1 Å². The van der Waals surface area contributed by atoms with E-state index in [2.05, 4.69) is 35.3 Å². The molecule has 1 N–H and O–H groups in total. The summed E-state index contributed by atoms with van der Waals surface area (Å²) in [6.45, 7) is 6.34. The normalized spacial score (nSPS) is 25.4. The molecule has 9 heteroatoms. The number of fused-ring (bicyclic) bond motifs is 1. The van der Waals surface area contributed by atoms with Gasteiger partial charge in [-0.1, -0.05) is 32.9 Å². The van der Waals surface area contributed by atoms with Crippen molar-refractivity contribution in [2.45, 2.75) is 52.1 Å². The highest BCUT2D eigenvalue weighted by Gasteiger charge is 2.37. The van der Waals surface area contributed by atoms with E-state index in [0.717, 1.165) is 18.6 Å². The maximum absolute atomic E-state index is 12.6. The van der Waals surface area contributed by atoms with Crippen molar-refractivity contribution in [1.29, 1.82) is 0 Å². The molecule has 182 valence electrons. The van der Waals surface area contributed by atoms with E-state index in [4.69, 9.17) is 4.74 Å². The summed E-state index contributed by atoms with van der Waals surface area (Å²) in [6.07, 6.45) is 4.21. The van der Waals surface area contributed by atoms with Crippen molar-refractivity contribution in [3.05, 3.63) is 47.0 Å². The number of esters is 1. The first-order chi connectivity index (χ1) is 16.3. The smallest absolute Gasteiger partial charge is 0.313 e. The van der Waals surface area contributed by atoms with Crippen molar-refractivity contribution in [3.63, 3.8) is 0 Å². The Bertz CT molecular complexity index is 1020. The molecule has 34 heavy (non-hydrogen) atoms. The van der Waals surface area contributed by atoms with Crippen LogP contribution in [0.3, 0.4) is 0 Å². The van der Waals surface area contributed by atoms with E-state index in [1.165, 1.54) is 4.90 Å². The molecule has 2 aromatic rings. The SMILES string of the molecule is CSCC1CC(C)C(OC(=O)Cc2nc(C(C)CN3C(=O)c4ccccc4C3=O)n[nH]2)C(C)C1. The van der Waals surface area contributed by atoms with Gasteiger partial charge in [0.15, 0.2) is 5.82 Å². The molecule has 0 bridgehead atoms. The van der Waals surface area contributed by atoms with Crippen LogP contribution in [0.4, 0.5) is 0 Å². The highest BCUT2D eigenvalue weighted by atomic mass is 32.2. The van der Waals surface area contributed by atoms with Crippen LogP contribution >= 0.6 is 11.8 Å². The van der Waals surface area contributed by atoms with Gasteiger partial charge in [-0.3, -0.25) is 24.4 Å². The minimum absolute atomic E-state index is 0.0108. The van der Waals surface area contributed by atoms with Crippen LogP contribution in [-0.4, -0.2) is 62.5 Å². The van der Waals surface area contributed by atoms with Gasteiger partial charge in [0.05, 0.1) is 11.1 Å². The summed E-state index contributed by atoms with van der Waals surface area (Å²) in [7, 11) is 0. The van der Waals surface area contributed by atoms with Gasteiger partial charge in [-0.05, 0) is 54.7 Å². The second kappa shape index (κ2) is 10.3. The Morgan fingerprint density at radius 3 is 2.38 bits per heavy atom. The van der Waals surface area contributed by atoms with Crippen molar-refractivity contribution in [3.8, 4) is 0 Å². The number of rotatable bonds is 8. The number of ether oxygens (including phenoxy) is 1. The number of thioether (sulfide) groups is 1. The van der Waals surface area contributed by atoms with Gasteiger partial charge >= 0.3 is 5.97 Å². The molecular formula is C25H32N4O4S. The fraction of sp³-hybridized carbons (Fsp3) is 0.560. The molecule has 4 rings (SSSR count). The number of hydrogen-bond donors (Lipinski definition) is 1. The standard InChI is InChI=1S/C25H32N4O4S/c1-14-9-17(13-34-4)10-15(2)22(14)33-21(30)11-20-26-23(28-27-20)16(3)12-29-24(31)18-7-5-6-8-19(18)25(29)32/h5-8,14-17,22H,9-13H2,1-4H3,(H,26,27,28). The zero-order valence-corrected chi connectivity index (χ0v) is 20.9. The van der Waals surface area contributed by atoms with Crippen LogP contribution in [0.5, 0.6) is 0 Å². The summed E-state index contributed by atoms with van der Waals surface area (Å²) in [5.41, 5.74) is 0.841. The van der Waals surface area contributed by atoms with Gasteiger partial charge in [-0.25, -0.2) is 4.98 Å².